The number of fused-ring (bicyclic) bond motifs is 1. The lowest BCUT2D eigenvalue weighted by atomic mass is 10.2. The van der Waals surface area contributed by atoms with Crippen LogP contribution in [0.5, 0.6) is 6.01 Å². The first-order valence-electron chi connectivity index (χ1n) is 8.07. The molecular weight excluding hydrogens is 403 g/mol. The fraction of sp³-hybridized carbons (Fsp3) is 0.105. The smallest absolute Gasteiger partial charge is 0.316 e. The number of rotatable bonds is 6. The van der Waals surface area contributed by atoms with Gasteiger partial charge in [0, 0.05) is 16.6 Å². The van der Waals surface area contributed by atoms with Crippen molar-refractivity contribution in [2.24, 2.45) is 0 Å². The van der Waals surface area contributed by atoms with Crippen molar-refractivity contribution in [3.8, 4) is 6.01 Å². The Bertz CT molecular complexity index is 1020. The van der Waals surface area contributed by atoms with E-state index in [1.165, 1.54) is 26.6 Å². The Hall–Kier alpha value is -3.03. The van der Waals surface area contributed by atoms with Gasteiger partial charge in [0.25, 0.3) is 5.91 Å². The number of nitrogens with one attached hydrogen (secondary N) is 2. The summed E-state index contributed by atoms with van der Waals surface area (Å²) in [5, 5.41) is 4.54. The van der Waals surface area contributed by atoms with Gasteiger partial charge in [-0.25, -0.2) is 9.97 Å². The number of benzene rings is 1. The topological polar surface area (TPSA) is 89.1 Å². The van der Waals surface area contributed by atoms with E-state index in [1.54, 1.807) is 30.4 Å². The largest absolute Gasteiger partial charge is 0.491 e. The Morgan fingerprint density at radius 3 is 2.54 bits per heavy atom. The van der Waals surface area contributed by atoms with Crippen LogP contribution >= 0.6 is 23.2 Å². The number of amides is 1. The van der Waals surface area contributed by atoms with Gasteiger partial charge in [0.05, 0.1) is 42.3 Å². The molecule has 0 unspecified atom stereocenters. The van der Waals surface area contributed by atoms with Crippen molar-refractivity contribution in [3.05, 3.63) is 64.2 Å². The molecule has 0 saturated heterocycles. The van der Waals surface area contributed by atoms with E-state index in [4.69, 9.17) is 32.7 Å². The van der Waals surface area contributed by atoms with E-state index in [0.717, 1.165) is 16.6 Å². The predicted molar refractivity (Wildman–Crippen MR) is 110 cm³/mol. The van der Waals surface area contributed by atoms with Crippen LogP contribution < -0.4 is 10.1 Å². The lowest BCUT2D eigenvalue weighted by Crippen LogP contribution is -2.15. The highest BCUT2D eigenvalue weighted by molar-refractivity contribution is 6.42. The van der Waals surface area contributed by atoms with Gasteiger partial charge in [-0.3, -0.25) is 4.79 Å². The molecule has 0 aliphatic rings. The Labute approximate surface area is 171 Å². The average Bonchev–Trinajstić information content (AvgIpc) is 3.07. The van der Waals surface area contributed by atoms with Gasteiger partial charge in [0.2, 0.25) is 0 Å². The third kappa shape index (κ3) is 4.62. The minimum atomic E-state index is -0.434. The molecule has 0 bridgehead atoms. The number of nitrogens with zero attached hydrogens (tertiary/aromatic N) is 2. The molecule has 0 radical (unpaired) electrons. The first kappa shape index (κ1) is 19.7. The second-order valence-electron chi connectivity index (χ2n) is 5.58. The van der Waals surface area contributed by atoms with E-state index >= 15 is 0 Å². The summed E-state index contributed by atoms with van der Waals surface area (Å²) in [6.45, 7) is 0. The third-order valence-electron chi connectivity index (χ3n) is 3.72. The van der Waals surface area contributed by atoms with Crippen molar-refractivity contribution < 1.29 is 14.3 Å². The quantitative estimate of drug-likeness (QED) is 0.350. The van der Waals surface area contributed by atoms with Gasteiger partial charge in [-0.15, -0.1) is 0 Å². The zero-order valence-corrected chi connectivity index (χ0v) is 16.5. The fourth-order valence-electron chi connectivity index (χ4n) is 2.39. The number of aromatic amines is 1. The Morgan fingerprint density at radius 2 is 1.86 bits per heavy atom. The van der Waals surface area contributed by atoms with Crippen LogP contribution in [0.3, 0.4) is 0 Å². The van der Waals surface area contributed by atoms with Crippen molar-refractivity contribution in [1.29, 1.82) is 0 Å². The molecule has 0 aliphatic heterocycles. The molecule has 0 spiro atoms. The maximum atomic E-state index is 12.3. The summed E-state index contributed by atoms with van der Waals surface area (Å²) in [7, 11) is 2.87. The summed E-state index contributed by atoms with van der Waals surface area (Å²) in [6, 6.07) is 5.68. The lowest BCUT2D eigenvalue weighted by molar-refractivity contribution is -0.115. The molecule has 1 aromatic carbocycles. The number of anilines is 1. The first-order valence-corrected chi connectivity index (χ1v) is 8.83. The summed E-state index contributed by atoms with van der Waals surface area (Å²) in [5.74, 6) is -0.314. The van der Waals surface area contributed by atoms with Gasteiger partial charge in [-0.2, -0.15) is 0 Å². The summed E-state index contributed by atoms with van der Waals surface area (Å²) < 4.78 is 10.0. The molecule has 0 saturated carbocycles. The van der Waals surface area contributed by atoms with Crippen molar-refractivity contribution in [2.45, 2.75) is 0 Å². The molecule has 0 fully saturated rings. The minimum absolute atomic E-state index is 0.120. The van der Waals surface area contributed by atoms with Gasteiger partial charge < -0.3 is 19.8 Å². The molecule has 0 aliphatic carbocycles. The minimum Gasteiger partial charge on any atom is -0.491 e. The zero-order chi connectivity index (χ0) is 20.1. The van der Waals surface area contributed by atoms with Crippen LogP contribution in [0.2, 0.25) is 10.0 Å². The van der Waals surface area contributed by atoms with Crippen LogP contribution in [-0.4, -0.2) is 35.1 Å². The Balaban J connectivity index is 1.71. The number of carbonyl (C=O) groups is 1. The lowest BCUT2D eigenvalue weighted by Gasteiger charge is -2.06. The highest BCUT2D eigenvalue weighted by Gasteiger charge is 2.10. The number of hydrogen-bond donors (Lipinski definition) is 2. The van der Waals surface area contributed by atoms with E-state index in [-0.39, 0.29) is 11.8 Å². The molecule has 1 amide bonds. The van der Waals surface area contributed by atoms with E-state index in [0.29, 0.717) is 15.7 Å². The van der Waals surface area contributed by atoms with E-state index < -0.39 is 5.91 Å². The number of allylic oxidation sites excluding steroid dienone is 2. The zero-order valence-electron chi connectivity index (χ0n) is 15.0. The molecule has 0 atom stereocenters. The highest BCUT2D eigenvalue weighted by atomic mass is 35.5. The van der Waals surface area contributed by atoms with Crippen molar-refractivity contribution in [3.63, 3.8) is 0 Å². The Kier molecular flexibility index (Phi) is 6.18. The molecular formula is C19H16Cl2N4O3. The SMILES string of the molecule is CO/C(=C/C=C/c1cc2cc(Cl)c(Cl)cc2[nH]1)C(=O)Nc1cnc(OC)nc1. The molecule has 2 heterocycles. The number of H-pyrrole nitrogens is 1. The molecule has 2 N–H and O–H groups in total. The monoisotopic (exact) mass is 418 g/mol. The van der Waals surface area contributed by atoms with E-state index in [9.17, 15) is 4.79 Å². The average molecular weight is 419 g/mol. The van der Waals surface area contributed by atoms with Gasteiger partial charge in [-0.1, -0.05) is 29.3 Å². The van der Waals surface area contributed by atoms with E-state index in [2.05, 4.69) is 20.3 Å². The molecule has 7 nitrogen and oxygen atoms in total. The fourth-order valence-corrected chi connectivity index (χ4v) is 2.73. The molecule has 3 aromatic rings. The molecule has 3 rings (SSSR count). The predicted octanol–water partition coefficient (Wildman–Crippen LogP) is 4.46. The molecule has 2 aromatic heterocycles. The second-order valence-corrected chi connectivity index (χ2v) is 6.40. The van der Waals surface area contributed by atoms with Gasteiger partial charge in [0.15, 0.2) is 5.76 Å². The maximum absolute atomic E-state index is 12.3. The van der Waals surface area contributed by atoms with Crippen molar-refractivity contribution in [2.75, 3.05) is 19.5 Å². The molecule has 28 heavy (non-hydrogen) atoms. The maximum Gasteiger partial charge on any atom is 0.316 e. The van der Waals surface area contributed by atoms with E-state index in [1.807, 2.05) is 6.07 Å². The number of aromatic nitrogens is 3. The highest BCUT2D eigenvalue weighted by Crippen LogP contribution is 2.28. The standard InChI is InChI=1S/C19H16Cl2N4O3/c1-27-17(18(26)25-13-9-22-19(28-2)23-10-13)5-3-4-12-6-11-7-14(20)15(21)8-16(11)24-12/h3-10,24H,1-2H3,(H,25,26)/b4-3+,17-5+. The van der Waals surface area contributed by atoms with Gasteiger partial charge >= 0.3 is 6.01 Å². The summed E-state index contributed by atoms with van der Waals surface area (Å²) in [5.41, 5.74) is 2.10. The number of halogens is 2. The summed E-state index contributed by atoms with van der Waals surface area (Å²) in [6.07, 6.45) is 7.91. The molecule has 9 heteroatoms. The summed E-state index contributed by atoms with van der Waals surface area (Å²) >= 11 is 12.1. The first-order chi connectivity index (χ1) is 13.5. The number of ether oxygens (including phenoxy) is 2. The van der Waals surface area contributed by atoms with Gasteiger partial charge in [-0.05, 0) is 30.4 Å². The van der Waals surface area contributed by atoms with Crippen LogP contribution in [0.4, 0.5) is 5.69 Å². The van der Waals surface area contributed by atoms with Crippen molar-refractivity contribution >= 4 is 51.8 Å². The number of methoxy groups -OCH3 is 2. The van der Waals surface area contributed by atoms with Crippen LogP contribution in [0.1, 0.15) is 5.69 Å². The second kappa shape index (κ2) is 8.77. The van der Waals surface area contributed by atoms with Gasteiger partial charge in [0.1, 0.15) is 0 Å². The number of hydrogen-bond acceptors (Lipinski definition) is 5. The normalized spacial score (nSPS) is 11.8. The van der Waals surface area contributed by atoms with Crippen LogP contribution in [0.15, 0.2) is 48.5 Å². The van der Waals surface area contributed by atoms with Crippen LogP contribution in [0, 0.1) is 0 Å². The van der Waals surface area contributed by atoms with Crippen LogP contribution in [0.25, 0.3) is 17.0 Å². The number of carbonyl (C=O) groups excluding carboxylic acids is 1. The van der Waals surface area contributed by atoms with Crippen molar-refractivity contribution in [1.82, 2.24) is 15.0 Å². The summed E-state index contributed by atoms with van der Waals surface area (Å²) in [4.78, 5) is 23.4. The molecule has 144 valence electrons. The third-order valence-corrected chi connectivity index (χ3v) is 4.44. The van der Waals surface area contributed by atoms with Crippen LogP contribution in [-0.2, 0) is 9.53 Å². The Morgan fingerprint density at radius 1 is 1.14 bits per heavy atom.